The lowest BCUT2D eigenvalue weighted by Crippen LogP contribution is -2.47. The van der Waals surface area contributed by atoms with Gasteiger partial charge in [-0.15, -0.1) is 0 Å². The summed E-state index contributed by atoms with van der Waals surface area (Å²) in [5, 5.41) is 0. The zero-order chi connectivity index (χ0) is 15.5. The minimum Gasteiger partial charge on any atom is -0.466 e. The molecule has 0 bridgehead atoms. The highest BCUT2D eigenvalue weighted by molar-refractivity contribution is 6.33. The molecule has 0 fully saturated rings. The minimum absolute atomic E-state index is 0.0314. The second-order valence-corrected chi connectivity index (χ2v) is 6.15. The molecule has 0 aromatic carbocycles. The molecule has 0 rings (SSSR count). The first kappa shape index (κ1) is 19.0. The van der Waals surface area contributed by atoms with E-state index in [9.17, 15) is 9.59 Å². The first-order chi connectivity index (χ1) is 9.49. The van der Waals surface area contributed by atoms with Crippen LogP contribution in [0.4, 0.5) is 0 Å². The van der Waals surface area contributed by atoms with E-state index in [1.54, 1.807) is 39.7 Å². The molecule has 0 aliphatic heterocycles. The highest BCUT2D eigenvalue weighted by atomic mass is 28.2. The van der Waals surface area contributed by atoms with Crippen molar-refractivity contribution >= 4 is 21.6 Å². The van der Waals surface area contributed by atoms with Crippen molar-refractivity contribution in [2.45, 2.75) is 32.2 Å². The van der Waals surface area contributed by atoms with Gasteiger partial charge < -0.3 is 23.5 Å². The Morgan fingerprint density at radius 2 is 1.65 bits per heavy atom. The average Bonchev–Trinajstić information content (AvgIpc) is 2.42. The van der Waals surface area contributed by atoms with Crippen molar-refractivity contribution in [3.63, 3.8) is 0 Å². The third kappa shape index (κ3) is 6.99. The Kier molecular flexibility index (Phi) is 10.3. The Morgan fingerprint density at radius 1 is 1.10 bits per heavy atom. The summed E-state index contributed by atoms with van der Waals surface area (Å²) in [6, 6.07) is -0.659. The number of esters is 2. The van der Waals surface area contributed by atoms with Crippen LogP contribution in [-0.2, 0) is 28.5 Å². The van der Waals surface area contributed by atoms with Crippen molar-refractivity contribution in [3.8, 4) is 0 Å². The molecule has 0 aromatic heterocycles. The smallest absolute Gasteiger partial charge is 0.323 e. The first-order valence-electron chi connectivity index (χ1n) is 6.58. The second kappa shape index (κ2) is 10.8. The summed E-state index contributed by atoms with van der Waals surface area (Å²) in [4.78, 5) is 23.5. The van der Waals surface area contributed by atoms with E-state index in [0.717, 1.165) is 0 Å². The van der Waals surface area contributed by atoms with Crippen molar-refractivity contribution in [3.05, 3.63) is 0 Å². The van der Waals surface area contributed by atoms with Crippen LogP contribution in [0.3, 0.4) is 0 Å². The van der Waals surface area contributed by atoms with Crippen molar-refractivity contribution in [2.24, 2.45) is 0 Å². The topological polar surface area (TPSA) is 74.3 Å². The summed E-state index contributed by atoms with van der Waals surface area (Å²) in [5.41, 5.74) is 0. The molecule has 0 aliphatic carbocycles. The normalized spacial score (nSPS) is 13.2. The minimum atomic E-state index is -1.03. The van der Waals surface area contributed by atoms with E-state index in [1.165, 1.54) is 0 Å². The van der Waals surface area contributed by atoms with E-state index in [2.05, 4.69) is 0 Å². The van der Waals surface area contributed by atoms with Gasteiger partial charge in [0, 0.05) is 14.2 Å². The Balaban J connectivity index is 4.72. The van der Waals surface area contributed by atoms with Gasteiger partial charge in [-0.25, -0.2) is 0 Å². The molecule has 1 atom stereocenters. The van der Waals surface area contributed by atoms with Crippen LogP contribution in [0, 0.1) is 0 Å². The van der Waals surface area contributed by atoms with Gasteiger partial charge in [-0.05, 0) is 20.9 Å². The number of hydrogen-bond acceptors (Lipinski definition) is 7. The van der Waals surface area contributed by atoms with Gasteiger partial charge in [0.2, 0.25) is 0 Å². The molecule has 118 valence electrons. The Hall–Kier alpha value is -0.963. The molecular weight excluding hydrogens is 282 g/mol. The first-order valence-corrected chi connectivity index (χ1v) is 8.03. The predicted octanol–water partition coefficient (Wildman–Crippen LogP) is -0.537. The van der Waals surface area contributed by atoms with Crippen LogP contribution in [0.5, 0.6) is 0 Å². The lowest BCUT2D eigenvalue weighted by Gasteiger charge is -2.27. The van der Waals surface area contributed by atoms with E-state index >= 15 is 0 Å². The van der Waals surface area contributed by atoms with Gasteiger partial charge in [0.05, 0.1) is 19.6 Å². The standard InChI is InChI=1S/C12H25NO6Si/c1-6-18-10(14)8-9(11(15)19-7-2)13(3)20-12(16-4)17-5/h9,12H,6-8,20H2,1-5H3/t9-/m0/s1. The lowest BCUT2D eigenvalue weighted by molar-refractivity contribution is -0.154. The third-order valence-corrected chi connectivity index (χ3v) is 4.70. The van der Waals surface area contributed by atoms with Gasteiger partial charge in [0.25, 0.3) is 0 Å². The SMILES string of the molecule is CCOC(=O)C[C@@H](C(=O)OCC)N(C)[SiH2]C(OC)OC. The summed E-state index contributed by atoms with van der Waals surface area (Å²) in [7, 11) is 3.81. The fourth-order valence-electron chi connectivity index (χ4n) is 1.64. The van der Waals surface area contributed by atoms with Gasteiger partial charge in [0.15, 0.2) is 9.68 Å². The van der Waals surface area contributed by atoms with Crippen LogP contribution in [-0.4, -0.2) is 72.6 Å². The number of rotatable bonds is 10. The fourth-order valence-corrected chi connectivity index (χ4v) is 2.94. The summed E-state index contributed by atoms with van der Waals surface area (Å²) in [5.74, 6) is -1.20. The molecule has 20 heavy (non-hydrogen) atoms. The van der Waals surface area contributed by atoms with Crippen molar-refractivity contribution in [1.29, 1.82) is 0 Å². The van der Waals surface area contributed by atoms with Crippen LogP contribution in [0.1, 0.15) is 20.3 Å². The van der Waals surface area contributed by atoms with Gasteiger partial charge >= 0.3 is 11.9 Å². The molecule has 0 saturated heterocycles. The van der Waals surface area contributed by atoms with E-state index in [1.807, 2.05) is 0 Å². The Morgan fingerprint density at radius 3 is 2.10 bits per heavy atom. The zero-order valence-electron chi connectivity index (χ0n) is 12.9. The maximum Gasteiger partial charge on any atom is 0.323 e. The molecule has 0 unspecified atom stereocenters. The zero-order valence-corrected chi connectivity index (χ0v) is 14.3. The average molecular weight is 307 g/mol. The number of carbonyl (C=O) groups excluding carboxylic acids is 2. The molecule has 0 aliphatic rings. The fraction of sp³-hybridized carbons (Fsp3) is 0.833. The molecule has 0 spiro atoms. The number of nitrogens with zero attached hydrogens (tertiary/aromatic N) is 1. The van der Waals surface area contributed by atoms with Crippen LogP contribution >= 0.6 is 0 Å². The van der Waals surface area contributed by atoms with Crippen LogP contribution in [0.25, 0.3) is 0 Å². The van der Waals surface area contributed by atoms with Crippen LogP contribution < -0.4 is 0 Å². The number of hydrogen-bond donors (Lipinski definition) is 0. The summed E-state index contributed by atoms with van der Waals surface area (Å²) < 4.78 is 22.0. The molecular formula is C12H25NO6Si. The molecule has 0 heterocycles. The van der Waals surface area contributed by atoms with Crippen LogP contribution in [0.15, 0.2) is 0 Å². The predicted molar refractivity (Wildman–Crippen MR) is 75.8 cm³/mol. The molecule has 0 aromatic rings. The van der Waals surface area contributed by atoms with Crippen molar-refractivity contribution in [2.75, 3.05) is 34.5 Å². The van der Waals surface area contributed by atoms with Crippen molar-refractivity contribution < 1.29 is 28.5 Å². The monoisotopic (exact) mass is 307 g/mol. The van der Waals surface area contributed by atoms with E-state index < -0.39 is 27.7 Å². The third-order valence-electron chi connectivity index (χ3n) is 2.72. The number of likely N-dealkylation sites (N-methyl/N-ethyl adjacent to an activating group) is 1. The maximum atomic E-state index is 12.0. The second-order valence-electron chi connectivity index (χ2n) is 4.12. The number of ether oxygens (including phenoxy) is 4. The van der Waals surface area contributed by atoms with Gasteiger partial charge in [-0.1, -0.05) is 0 Å². The highest BCUT2D eigenvalue weighted by Gasteiger charge is 2.29. The molecule has 0 saturated carbocycles. The molecule has 0 N–H and O–H groups in total. The Labute approximate surface area is 122 Å². The van der Waals surface area contributed by atoms with Gasteiger partial charge in [-0.2, -0.15) is 0 Å². The highest BCUT2D eigenvalue weighted by Crippen LogP contribution is 2.07. The number of carbonyl (C=O) groups is 2. The molecule has 7 nitrogen and oxygen atoms in total. The maximum absolute atomic E-state index is 12.0. The lowest BCUT2D eigenvalue weighted by atomic mass is 10.2. The van der Waals surface area contributed by atoms with Gasteiger partial charge in [0.1, 0.15) is 12.0 Å². The summed E-state index contributed by atoms with van der Waals surface area (Å²) in [6.45, 7) is 4.01. The van der Waals surface area contributed by atoms with Gasteiger partial charge in [-0.3, -0.25) is 9.59 Å². The van der Waals surface area contributed by atoms with E-state index in [4.69, 9.17) is 18.9 Å². The molecule has 8 heteroatoms. The quantitative estimate of drug-likeness (QED) is 0.305. The summed E-state index contributed by atoms with van der Waals surface area (Å²) in [6.07, 6.45) is -0.0314. The molecule has 0 radical (unpaired) electrons. The van der Waals surface area contributed by atoms with E-state index in [0.29, 0.717) is 0 Å². The number of methoxy groups -OCH3 is 2. The summed E-state index contributed by atoms with van der Waals surface area (Å²) >= 11 is 0. The van der Waals surface area contributed by atoms with Crippen LogP contribution in [0.2, 0.25) is 0 Å². The van der Waals surface area contributed by atoms with Crippen molar-refractivity contribution in [1.82, 2.24) is 4.57 Å². The van der Waals surface area contributed by atoms with E-state index in [-0.39, 0.29) is 25.5 Å². The largest absolute Gasteiger partial charge is 0.466 e. The molecule has 0 amide bonds. The Bertz CT molecular complexity index is 298.